The van der Waals surface area contributed by atoms with E-state index in [0.717, 1.165) is 23.1 Å². The van der Waals surface area contributed by atoms with E-state index in [9.17, 15) is 8.42 Å². The van der Waals surface area contributed by atoms with Crippen LogP contribution in [-0.2, 0) is 10.0 Å². The van der Waals surface area contributed by atoms with Gasteiger partial charge in [-0.15, -0.1) is 11.3 Å². The number of hydrogen-bond acceptors (Lipinski definition) is 5. The number of piperidine rings is 1. The predicted molar refractivity (Wildman–Crippen MR) is 80.2 cm³/mol. The van der Waals surface area contributed by atoms with Crippen LogP contribution in [0.4, 0.5) is 0 Å². The zero-order valence-corrected chi connectivity index (χ0v) is 12.7. The molecule has 0 atom stereocenters. The lowest BCUT2D eigenvalue weighted by Crippen LogP contribution is -2.39. The van der Waals surface area contributed by atoms with Gasteiger partial charge in [-0.1, -0.05) is 12.1 Å². The summed E-state index contributed by atoms with van der Waals surface area (Å²) in [5.74, 6) is 0.441. The van der Waals surface area contributed by atoms with Crippen molar-refractivity contribution in [1.29, 1.82) is 0 Å². The number of thiazole rings is 1. The summed E-state index contributed by atoms with van der Waals surface area (Å²) >= 11 is 1.24. The molecule has 0 aliphatic carbocycles. The first-order valence-corrected chi connectivity index (χ1v) is 8.92. The zero-order valence-electron chi connectivity index (χ0n) is 11.0. The molecule has 1 aromatic heterocycles. The van der Waals surface area contributed by atoms with Gasteiger partial charge in [0, 0.05) is 13.1 Å². The number of sulfonamides is 1. The summed E-state index contributed by atoms with van der Waals surface area (Å²) < 4.78 is 27.8. The van der Waals surface area contributed by atoms with E-state index in [4.69, 9.17) is 5.73 Å². The van der Waals surface area contributed by atoms with Crippen molar-refractivity contribution < 1.29 is 8.42 Å². The third-order valence-corrected chi connectivity index (χ3v) is 7.03. The summed E-state index contributed by atoms with van der Waals surface area (Å²) in [6.07, 6.45) is 1.67. The largest absolute Gasteiger partial charge is 0.330 e. The van der Waals surface area contributed by atoms with Crippen molar-refractivity contribution in [2.45, 2.75) is 17.2 Å². The Morgan fingerprint density at radius 2 is 2.00 bits per heavy atom. The Labute approximate surface area is 122 Å². The van der Waals surface area contributed by atoms with E-state index in [1.54, 1.807) is 0 Å². The Bertz CT molecular complexity index is 670. The zero-order chi connectivity index (χ0) is 14.2. The van der Waals surface area contributed by atoms with Gasteiger partial charge in [0.1, 0.15) is 0 Å². The molecule has 3 rings (SSSR count). The number of fused-ring (bicyclic) bond motifs is 1. The second kappa shape index (κ2) is 5.40. The van der Waals surface area contributed by atoms with E-state index >= 15 is 0 Å². The molecule has 0 amide bonds. The van der Waals surface area contributed by atoms with Crippen LogP contribution in [0.5, 0.6) is 0 Å². The maximum atomic E-state index is 12.6. The fraction of sp³-hybridized carbons (Fsp3) is 0.462. The lowest BCUT2D eigenvalue weighted by Gasteiger charge is -2.29. The lowest BCUT2D eigenvalue weighted by molar-refractivity contribution is 0.278. The molecule has 108 valence electrons. The van der Waals surface area contributed by atoms with E-state index in [1.165, 1.54) is 15.6 Å². The first-order valence-electron chi connectivity index (χ1n) is 6.67. The molecule has 1 aromatic carbocycles. The fourth-order valence-electron chi connectivity index (χ4n) is 2.46. The van der Waals surface area contributed by atoms with E-state index in [1.807, 2.05) is 24.3 Å². The Hall–Kier alpha value is -1.02. The molecule has 7 heteroatoms. The summed E-state index contributed by atoms with van der Waals surface area (Å²) in [6.45, 7) is 1.72. The molecule has 1 fully saturated rings. The maximum absolute atomic E-state index is 12.6. The first-order chi connectivity index (χ1) is 9.61. The summed E-state index contributed by atoms with van der Waals surface area (Å²) in [5.41, 5.74) is 6.39. The molecule has 1 saturated heterocycles. The van der Waals surface area contributed by atoms with Crippen LogP contribution in [0.3, 0.4) is 0 Å². The summed E-state index contributed by atoms with van der Waals surface area (Å²) in [7, 11) is -3.46. The molecule has 5 nitrogen and oxygen atoms in total. The number of nitrogens with two attached hydrogens (primary N) is 1. The molecule has 0 bridgehead atoms. The second-order valence-electron chi connectivity index (χ2n) is 5.03. The monoisotopic (exact) mass is 311 g/mol. The third kappa shape index (κ3) is 2.46. The van der Waals surface area contributed by atoms with Gasteiger partial charge in [0.05, 0.1) is 10.2 Å². The van der Waals surface area contributed by atoms with Crippen molar-refractivity contribution in [3.63, 3.8) is 0 Å². The van der Waals surface area contributed by atoms with Gasteiger partial charge in [-0.25, -0.2) is 13.4 Å². The van der Waals surface area contributed by atoms with Gasteiger partial charge in [0.25, 0.3) is 10.0 Å². The van der Waals surface area contributed by atoms with Crippen LogP contribution in [-0.4, -0.2) is 37.3 Å². The number of hydrogen-bond donors (Lipinski definition) is 1. The molecule has 20 heavy (non-hydrogen) atoms. The fourth-order valence-corrected chi connectivity index (χ4v) is 5.29. The molecule has 2 N–H and O–H groups in total. The average molecular weight is 311 g/mol. The van der Waals surface area contributed by atoms with E-state index in [2.05, 4.69) is 4.98 Å². The molecule has 0 unspecified atom stereocenters. The quantitative estimate of drug-likeness (QED) is 0.935. The van der Waals surface area contributed by atoms with Crippen molar-refractivity contribution >= 4 is 31.6 Å². The topological polar surface area (TPSA) is 76.3 Å². The van der Waals surface area contributed by atoms with Gasteiger partial charge in [0.15, 0.2) is 0 Å². The van der Waals surface area contributed by atoms with Crippen LogP contribution < -0.4 is 5.73 Å². The van der Waals surface area contributed by atoms with Gasteiger partial charge in [0.2, 0.25) is 4.34 Å². The highest BCUT2D eigenvalue weighted by atomic mass is 32.2. The van der Waals surface area contributed by atoms with Gasteiger partial charge in [-0.05, 0) is 37.4 Å². The highest BCUT2D eigenvalue weighted by Crippen LogP contribution is 2.29. The van der Waals surface area contributed by atoms with E-state index < -0.39 is 10.0 Å². The minimum Gasteiger partial charge on any atom is -0.330 e. The first kappa shape index (κ1) is 13.9. The van der Waals surface area contributed by atoms with Crippen LogP contribution in [0.25, 0.3) is 10.2 Å². The molecule has 2 aromatic rings. The van der Waals surface area contributed by atoms with Gasteiger partial charge in [-0.2, -0.15) is 4.31 Å². The number of benzene rings is 1. The number of rotatable bonds is 3. The molecule has 0 spiro atoms. The minimum atomic E-state index is -3.46. The number of para-hydroxylation sites is 1. The molecule has 2 heterocycles. The molecule has 0 saturated carbocycles. The van der Waals surface area contributed by atoms with Crippen LogP contribution >= 0.6 is 11.3 Å². The van der Waals surface area contributed by atoms with Gasteiger partial charge >= 0.3 is 0 Å². The lowest BCUT2D eigenvalue weighted by atomic mass is 9.99. The number of aromatic nitrogens is 1. The van der Waals surface area contributed by atoms with Crippen LogP contribution in [0.15, 0.2) is 28.6 Å². The van der Waals surface area contributed by atoms with E-state index in [-0.39, 0.29) is 4.34 Å². The van der Waals surface area contributed by atoms with Gasteiger partial charge in [-0.3, -0.25) is 0 Å². The third-order valence-electron chi connectivity index (χ3n) is 3.74. The van der Waals surface area contributed by atoms with Crippen molar-refractivity contribution in [1.82, 2.24) is 9.29 Å². The predicted octanol–water partition coefficient (Wildman–Crippen LogP) is 1.66. The van der Waals surface area contributed by atoms with Crippen LogP contribution in [0.1, 0.15) is 12.8 Å². The summed E-state index contributed by atoms with van der Waals surface area (Å²) in [4.78, 5) is 4.26. The van der Waals surface area contributed by atoms with Crippen LogP contribution in [0.2, 0.25) is 0 Å². The van der Waals surface area contributed by atoms with E-state index in [0.29, 0.717) is 25.6 Å². The highest BCUT2D eigenvalue weighted by Gasteiger charge is 2.31. The Morgan fingerprint density at radius 3 is 2.65 bits per heavy atom. The minimum absolute atomic E-state index is 0.199. The number of nitrogens with zero attached hydrogens (tertiary/aromatic N) is 2. The standard InChI is InChI=1S/C13H17N3O2S2/c14-9-10-5-7-16(8-6-10)20(17,18)13-15-11-3-1-2-4-12(11)19-13/h1-4,10H,5-9,14H2. The SMILES string of the molecule is NCC1CCN(S(=O)(=O)c2nc3ccccc3s2)CC1. The molecular formula is C13H17N3O2S2. The van der Waals surface area contributed by atoms with Crippen molar-refractivity contribution in [3.05, 3.63) is 24.3 Å². The smallest absolute Gasteiger partial charge is 0.270 e. The summed E-state index contributed by atoms with van der Waals surface area (Å²) in [6, 6.07) is 7.49. The van der Waals surface area contributed by atoms with Crippen LogP contribution in [0, 0.1) is 5.92 Å². The maximum Gasteiger partial charge on any atom is 0.270 e. The highest BCUT2D eigenvalue weighted by molar-refractivity contribution is 7.91. The van der Waals surface area contributed by atoms with Gasteiger partial charge < -0.3 is 5.73 Å². The molecule has 0 radical (unpaired) electrons. The van der Waals surface area contributed by atoms with Crippen molar-refractivity contribution in [2.75, 3.05) is 19.6 Å². The molecule has 1 aliphatic heterocycles. The normalized spacial score (nSPS) is 18.6. The Morgan fingerprint density at radius 1 is 1.30 bits per heavy atom. The summed E-state index contributed by atoms with van der Waals surface area (Å²) in [5, 5.41) is 0. The molecular weight excluding hydrogens is 294 g/mol. The molecule has 1 aliphatic rings. The average Bonchev–Trinajstić information content (AvgIpc) is 2.92. The Kier molecular flexibility index (Phi) is 3.76. The van der Waals surface area contributed by atoms with Crippen molar-refractivity contribution in [3.8, 4) is 0 Å². The second-order valence-corrected chi connectivity index (χ2v) is 8.17. The Balaban J connectivity index is 1.88. The van der Waals surface area contributed by atoms with Crippen molar-refractivity contribution in [2.24, 2.45) is 11.7 Å².